The van der Waals surface area contributed by atoms with Crippen LogP contribution in [0.25, 0.3) is 0 Å². The average molecular weight is 175 g/mol. The molecule has 0 heterocycles. The molecule has 0 spiro atoms. The molecule has 0 unspecified atom stereocenters. The number of ether oxygens (including phenoxy) is 1. The van der Waals surface area contributed by atoms with Gasteiger partial charge < -0.3 is 4.74 Å². The molecule has 0 saturated carbocycles. The van der Waals surface area contributed by atoms with E-state index < -0.39 is 0 Å². The molecule has 0 bridgehead atoms. The van der Waals surface area contributed by atoms with E-state index in [4.69, 9.17) is 10.00 Å². The van der Waals surface area contributed by atoms with Crippen LogP contribution in [0, 0.1) is 11.3 Å². The molecule has 0 amide bonds. The van der Waals surface area contributed by atoms with E-state index in [-0.39, 0.29) is 0 Å². The van der Waals surface area contributed by atoms with Gasteiger partial charge in [-0.15, -0.1) is 0 Å². The van der Waals surface area contributed by atoms with Crippen molar-refractivity contribution < 1.29 is 4.74 Å². The van der Waals surface area contributed by atoms with Gasteiger partial charge in [-0.05, 0) is 25.0 Å². The van der Waals surface area contributed by atoms with Crippen molar-refractivity contribution in [2.75, 3.05) is 13.2 Å². The quantitative estimate of drug-likeness (QED) is 0.657. The Bertz CT molecular complexity index is 301. The third-order valence-corrected chi connectivity index (χ3v) is 1.86. The summed E-state index contributed by atoms with van der Waals surface area (Å²) in [6.45, 7) is 3.39. The van der Waals surface area contributed by atoms with Gasteiger partial charge in [-0.1, -0.05) is 18.2 Å². The van der Waals surface area contributed by atoms with Crippen molar-refractivity contribution in [2.24, 2.45) is 0 Å². The first-order valence-corrected chi connectivity index (χ1v) is 4.44. The van der Waals surface area contributed by atoms with Crippen LogP contribution in [0.3, 0.4) is 0 Å². The molecule has 0 atom stereocenters. The van der Waals surface area contributed by atoms with Gasteiger partial charge in [0, 0.05) is 6.61 Å². The summed E-state index contributed by atoms with van der Waals surface area (Å²) in [5.74, 6) is 0. The second kappa shape index (κ2) is 5.34. The number of hydrogen-bond acceptors (Lipinski definition) is 2. The normalized spacial score (nSPS) is 9.54. The third kappa shape index (κ3) is 2.89. The Labute approximate surface area is 78.8 Å². The number of benzene rings is 1. The van der Waals surface area contributed by atoms with Gasteiger partial charge in [0.05, 0.1) is 18.2 Å². The Morgan fingerprint density at radius 1 is 1.38 bits per heavy atom. The summed E-state index contributed by atoms with van der Waals surface area (Å²) in [6.07, 6.45) is 0.817. The summed E-state index contributed by atoms with van der Waals surface area (Å²) < 4.78 is 5.23. The van der Waals surface area contributed by atoms with Crippen LogP contribution in [-0.4, -0.2) is 13.2 Å². The van der Waals surface area contributed by atoms with Gasteiger partial charge in [-0.25, -0.2) is 0 Å². The van der Waals surface area contributed by atoms with Gasteiger partial charge in [0.2, 0.25) is 0 Å². The first kappa shape index (κ1) is 9.76. The summed E-state index contributed by atoms with van der Waals surface area (Å²) in [4.78, 5) is 0. The van der Waals surface area contributed by atoms with E-state index in [0.717, 1.165) is 24.2 Å². The second-order valence-electron chi connectivity index (χ2n) is 2.72. The first-order valence-electron chi connectivity index (χ1n) is 4.44. The van der Waals surface area contributed by atoms with Crippen molar-refractivity contribution in [3.63, 3.8) is 0 Å². The standard InChI is InChI=1S/C11H13NO/c1-2-13-8-7-10-5-3-4-6-11(10)9-12/h3-6H,2,7-8H2,1H3. The number of hydrogen-bond donors (Lipinski definition) is 0. The lowest BCUT2D eigenvalue weighted by atomic mass is 10.1. The Hall–Kier alpha value is -1.33. The van der Waals surface area contributed by atoms with Gasteiger partial charge >= 0.3 is 0 Å². The molecule has 0 aliphatic heterocycles. The number of nitriles is 1. The van der Waals surface area contributed by atoms with Crippen LogP contribution < -0.4 is 0 Å². The lowest BCUT2D eigenvalue weighted by Crippen LogP contribution is -1.99. The highest BCUT2D eigenvalue weighted by Gasteiger charge is 1.99. The van der Waals surface area contributed by atoms with Gasteiger partial charge in [0.15, 0.2) is 0 Å². The maximum atomic E-state index is 8.78. The van der Waals surface area contributed by atoms with Gasteiger partial charge in [-0.2, -0.15) is 5.26 Å². The van der Waals surface area contributed by atoms with Crippen molar-refractivity contribution in [2.45, 2.75) is 13.3 Å². The van der Waals surface area contributed by atoms with Crippen molar-refractivity contribution in [1.82, 2.24) is 0 Å². The zero-order chi connectivity index (χ0) is 9.52. The molecule has 1 aromatic rings. The summed E-state index contributed by atoms with van der Waals surface area (Å²) in [7, 11) is 0. The van der Waals surface area contributed by atoms with E-state index in [2.05, 4.69) is 6.07 Å². The molecule has 13 heavy (non-hydrogen) atoms. The Balaban J connectivity index is 2.60. The van der Waals surface area contributed by atoms with Crippen LogP contribution in [0.1, 0.15) is 18.1 Å². The van der Waals surface area contributed by atoms with Gasteiger partial charge in [-0.3, -0.25) is 0 Å². The molecular weight excluding hydrogens is 162 g/mol. The van der Waals surface area contributed by atoms with Crippen LogP contribution in [0.15, 0.2) is 24.3 Å². The third-order valence-electron chi connectivity index (χ3n) is 1.86. The maximum Gasteiger partial charge on any atom is 0.0994 e. The fraction of sp³-hybridized carbons (Fsp3) is 0.364. The van der Waals surface area contributed by atoms with Crippen molar-refractivity contribution in [3.8, 4) is 6.07 Å². The minimum atomic E-state index is 0.690. The fourth-order valence-electron chi connectivity index (χ4n) is 1.17. The Morgan fingerprint density at radius 2 is 2.15 bits per heavy atom. The van der Waals surface area contributed by atoms with Crippen LogP contribution in [0.2, 0.25) is 0 Å². The molecule has 0 fully saturated rings. The molecule has 2 nitrogen and oxygen atoms in total. The van der Waals surface area contributed by atoms with E-state index in [0.29, 0.717) is 6.61 Å². The predicted octanol–water partition coefficient (Wildman–Crippen LogP) is 2.14. The summed E-state index contributed by atoms with van der Waals surface area (Å²) >= 11 is 0. The van der Waals surface area contributed by atoms with E-state index in [1.165, 1.54) is 0 Å². The lowest BCUT2D eigenvalue weighted by Gasteiger charge is -2.02. The SMILES string of the molecule is CCOCCc1ccccc1C#N. The molecule has 2 heteroatoms. The summed E-state index contributed by atoms with van der Waals surface area (Å²) in [5, 5.41) is 8.78. The van der Waals surface area contributed by atoms with Crippen molar-refractivity contribution >= 4 is 0 Å². The monoisotopic (exact) mass is 175 g/mol. The molecular formula is C11H13NO. The summed E-state index contributed by atoms with van der Waals surface area (Å²) in [5.41, 5.74) is 1.82. The highest BCUT2D eigenvalue weighted by molar-refractivity contribution is 5.37. The molecule has 0 aliphatic carbocycles. The minimum Gasteiger partial charge on any atom is -0.381 e. The zero-order valence-corrected chi connectivity index (χ0v) is 7.79. The highest BCUT2D eigenvalue weighted by Crippen LogP contribution is 2.07. The van der Waals surface area contributed by atoms with Crippen LogP contribution >= 0.6 is 0 Å². The highest BCUT2D eigenvalue weighted by atomic mass is 16.5. The van der Waals surface area contributed by atoms with E-state index in [1.54, 1.807) is 0 Å². The van der Waals surface area contributed by atoms with E-state index in [1.807, 2.05) is 31.2 Å². The molecule has 0 aliphatic rings. The van der Waals surface area contributed by atoms with Crippen molar-refractivity contribution in [1.29, 1.82) is 5.26 Å². The zero-order valence-electron chi connectivity index (χ0n) is 7.79. The topological polar surface area (TPSA) is 33.0 Å². The Morgan fingerprint density at radius 3 is 2.85 bits per heavy atom. The number of rotatable bonds is 4. The number of nitrogens with zero attached hydrogens (tertiary/aromatic N) is 1. The Kier molecular flexibility index (Phi) is 4.01. The van der Waals surface area contributed by atoms with Crippen LogP contribution in [0.5, 0.6) is 0 Å². The van der Waals surface area contributed by atoms with Crippen LogP contribution in [0.4, 0.5) is 0 Å². The van der Waals surface area contributed by atoms with E-state index >= 15 is 0 Å². The van der Waals surface area contributed by atoms with Gasteiger partial charge in [0.25, 0.3) is 0 Å². The molecule has 0 saturated heterocycles. The molecule has 68 valence electrons. The molecule has 1 rings (SSSR count). The van der Waals surface area contributed by atoms with E-state index in [9.17, 15) is 0 Å². The van der Waals surface area contributed by atoms with Crippen LogP contribution in [-0.2, 0) is 11.2 Å². The molecule has 0 N–H and O–H groups in total. The van der Waals surface area contributed by atoms with Crippen molar-refractivity contribution in [3.05, 3.63) is 35.4 Å². The molecule has 0 aromatic heterocycles. The smallest absolute Gasteiger partial charge is 0.0994 e. The van der Waals surface area contributed by atoms with Gasteiger partial charge in [0.1, 0.15) is 0 Å². The first-order chi connectivity index (χ1) is 6.38. The predicted molar refractivity (Wildman–Crippen MR) is 51.4 cm³/mol. The lowest BCUT2D eigenvalue weighted by molar-refractivity contribution is 0.151. The molecule has 1 aromatic carbocycles. The fourth-order valence-corrected chi connectivity index (χ4v) is 1.17. The minimum absolute atomic E-state index is 0.690. The molecule has 0 radical (unpaired) electrons. The maximum absolute atomic E-state index is 8.78. The largest absolute Gasteiger partial charge is 0.381 e. The summed E-state index contributed by atoms with van der Waals surface area (Å²) in [6, 6.07) is 9.80. The average Bonchev–Trinajstić information content (AvgIpc) is 2.19. The second-order valence-corrected chi connectivity index (χ2v) is 2.72.